The lowest BCUT2D eigenvalue weighted by Crippen LogP contribution is -2.37. The maximum absolute atomic E-state index is 12.7. The third-order valence-electron chi connectivity index (χ3n) is 3.49. The number of carbonyl (C=O) groups excluding carboxylic acids is 1. The minimum atomic E-state index is -0.294. The van der Waals surface area contributed by atoms with Gasteiger partial charge < -0.3 is 15.7 Å². The minimum absolute atomic E-state index is 0.0758. The number of amides is 1. The van der Waals surface area contributed by atoms with Gasteiger partial charge in [-0.3, -0.25) is 4.79 Å². The number of hydrogen-bond donors (Lipinski definition) is 2. The number of aliphatic hydroxyl groups is 1. The molecule has 2 aromatic rings. The monoisotopic (exact) mass is 284 g/mol. The molecule has 21 heavy (non-hydrogen) atoms. The average molecular weight is 284 g/mol. The van der Waals surface area contributed by atoms with Gasteiger partial charge in [-0.15, -0.1) is 0 Å². The molecule has 0 fully saturated rings. The molecule has 0 aliphatic heterocycles. The highest BCUT2D eigenvalue weighted by Gasteiger charge is 2.23. The fourth-order valence-corrected chi connectivity index (χ4v) is 2.30. The number of anilines is 2. The van der Waals surface area contributed by atoms with Crippen molar-refractivity contribution < 1.29 is 9.90 Å². The molecule has 1 unspecified atom stereocenters. The Labute approximate surface area is 124 Å². The number of carbonyl (C=O) groups is 1. The number of rotatable bonds is 5. The van der Waals surface area contributed by atoms with Crippen LogP contribution in [0.5, 0.6) is 0 Å². The molecule has 3 N–H and O–H groups in total. The van der Waals surface area contributed by atoms with Crippen LogP contribution in [0.1, 0.15) is 18.4 Å². The minimum Gasteiger partial charge on any atom is -0.397 e. The number of nitrogens with two attached hydrogens (primary N) is 1. The summed E-state index contributed by atoms with van der Waals surface area (Å²) in [5.41, 5.74) is 8.06. The van der Waals surface area contributed by atoms with Gasteiger partial charge in [0.15, 0.2) is 0 Å². The van der Waals surface area contributed by atoms with Crippen molar-refractivity contribution in [3.05, 3.63) is 60.2 Å². The van der Waals surface area contributed by atoms with Gasteiger partial charge in [0, 0.05) is 6.54 Å². The van der Waals surface area contributed by atoms with Crippen molar-refractivity contribution in [3.8, 4) is 0 Å². The third-order valence-corrected chi connectivity index (χ3v) is 3.49. The summed E-state index contributed by atoms with van der Waals surface area (Å²) in [4.78, 5) is 14.3. The number of hydrogen-bond acceptors (Lipinski definition) is 3. The van der Waals surface area contributed by atoms with Gasteiger partial charge >= 0.3 is 0 Å². The highest BCUT2D eigenvalue weighted by Crippen LogP contribution is 2.26. The lowest BCUT2D eigenvalue weighted by molar-refractivity contribution is -0.119. The van der Waals surface area contributed by atoms with Crippen LogP contribution in [0.3, 0.4) is 0 Å². The van der Waals surface area contributed by atoms with Gasteiger partial charge in [-0.25, -0.2) is 0 Å². The van der Waals surface area contributed by atoms with Gasteiger partial charge in [-0.05, 0) is 24.6 Å². The Balaban J connectivity index is 2.30. The molecule has 0 aromatic heterocycles. The van der Waals surface area contributed by atoms with Crippen molar-refractivity contribution >= 4 is 17.3 Å². The van der Waals surface area contributed by atoms with E-state index in [-0.39, 0.29) is 25.0 Å². The Kier molecular flexibility index (Phi) is 4.95. The molecule has 110 valence electrons. The molecule has 0 spiro atoms. The average Bonchev–Trinajstić information content (AvgIpc) is 2.53. The molecule has 0 aliphatic rings. The first kappa shape index (κ1) is 15.1. The molecule has 1 amide bonds. The van der Waals surface area contributed by atoms with Gasteiger partial charge in [0.25, 0.3) is 0 Å². The van der Waals surface area contributed by atoms with E-state index in [1.54, 1.807) is 17.0 Å². The van der Waals surface area contributed by atoms with E-state index in [2.05, 4.69) is 0 Å². The Morgan fingerprint density at radius 3 is 2.38 bits per heavy atom. The molecule has 0 aliphatic carbocycles. The van der Waals surface area contributed by atoms with Crippen molar-refractivity contribution in [2.24, 2.45) is 0 Å². The molecule has 0 saturated heterocycles. The summed E-state index contributed by atoms with van der Waals surface area (Å²) < 4.78 is 0. The predicted molar refractivity (Wildman–Crippen MR) is 85.2 cm³/mol. The second kappa shape index (κ2) is 6.90. The van der Waals surface area contributed by atoms with Crippen LogP contribution < -0.4 is 10.6 Å². The quantitative estimate of drug-likeness (QED) is 0.829. The van der Waals surface area contributed by atoms with Crippen LogP contribution >= 0.6 is 0 Å². The van der Waals surface area contributed by atoms with Gasteiger partial charge in [0.05, 0.1) is 23.9 Å². The Morgan fingerprint density at radius 2 is 1.76 bits per heavy atom. The van der Waals surface area contributed by atoms with E-state index in [1.807, 2.05) is 49.4 Å². The van der Waals surface area contributed by atoms with Gasteiger partial charge in [0.2, 0.25) is 5.91 Å². The van der Waals surface area contributed by atoms with E-state index < -0.39 is 0 Å². The van der Waals surface area contributed by atoms with Gasteiger partial charge in [0.1, 0.15) is 0 Å². The zero-order valence-electron chi connectivity index (χ0n) is 12.1. The second-order valence-electron chi connectivity index (χ2n) is 4.90. The summed E-state index contributed by atoms with van der Waals surface area (Å²) >= 11 is 0. The van der Waals surface area contributed by atoms with E-state index in [0.29, 0.717) is 11.4 Å². The summed E-state index contributed by atoms with van der Waals surface area (Å²) in [6, 6.07) is 16.8. The molecule has 0 radical (unpaired) electrons. The van der Waals surface area contributed by atoms with Crippen LogP contribution in [0.25, 0.3) is 0 Å². The summed E-state index contributed by atoms with van der Waals surface area (Å²) in [6.07, 6.45) is 0. The standard InChI is InChI=1S/C17H20N2O2/c1-13(14-7-3-2-4-8-14)17(21)19(11-12-20)16-10-6-5-9-15(16)18/h2-10,13,20H,11-12,18H2,1H3. The van der Waals surface area contributed by atoms with Crippen LogP contribution in [0.2, 0.25) is 0 Å². The largest absolute Gasteiger partial charge is 0.397 e. The smallest absolute Gasteiger partial charge is 0.234 e. The van der Waals surface area contributed by atoms with E-state index >= 15 is 0 Å². The van der Waals surface area contributed by atoms with E-state index in [0.717, 1.165) is 5.56 Å². The highest BCUT2D eigenvalue weighted by molar-refractivity contribution is 6.00. The SMILES string of the molecule is CC(C(=O)N(CCO)c1ccccc1N)c1ccccc1. The molecule has 2 rings (SSSR count). The Morgan fingerprint density at radius 1 is 1.14 bits per heavy atom. The molecular weight excluding hydrogens is 264 g/mol. The molecule has 4 nitrogen and oxygen atoms in total. The zero-order chi connectivity index (χ0) is 15.2. The van der Waals surface area contributed by atoms with E-state index in [9.17, 15) is 9.90 Å². The molecule has 0 heterocycles. The first-order valence-electron chi connectivity index (χ1n) is 6.97. The summed E-state index contributed by atoms with van der Waals surface area (Å²) in [5.74, 6) is -0.370. The van der Waals surface area contributed by atoms with E-state index in [4.69, 9.17) is 5.73 Å². The normalized spacial score (nSPS) is 11.9. The lowest BCUT2D eigenvalue weighted by atomic mass is 9.99. The number of para-hydroxylation sites is 2. The molecule has 0 bridgehead atoms. The molecule has 4 heteroatoms. The van der Waals surface area contributed by atoms with Crippen molar-refractivity contribution in [3.63, 3.8) is 0 Å². The first-order chi connectivity index (χ1) is 10.1. The van der Waals surface area contributed by atoms with Crippen molar-refractivity contribution in [2.45, 2.75) is 12.8 Å². The fraction of sp³-hybridized carbons (Fsp3) is 0.235. The zero-order valence-corrected chi connectivity index (χ0v) is 12.1. The molecule has 1 atom stereocenters. The van der Waals surface area contributed by atoms with Crippen LogP contribution in [0.4, 0.5) is 11.4 Å². The lowest BCUT2D eigenvalue weighted by Gasteiger charge is -2.26. The molecule has 2 aromatic carbocycles. The summed E-state index contributed by atoms with van der Waals surface area (Å²) in [5, 5.41) is 9.26. The highest BCUT2D eigenvalue weighted by atomic mass is 16.3. The number of nitrogen functional groups attached to an aromatic ring is 1. The van der Waals surface area contributed by atoms with Crippen molar-refractivity contribution in [1.29, 1.82) is 0 Å². The number of aliphatic hydroxyl groups excluding tert-OH is 1. The van der Waals surface area contributed by atoms with Crippen LogP contribution in [-0.4, -0.2) is 24.2 Å². The van der Waals surface area contributed by atoms with E-state index in [1.165, 1.54) is 0 Å². The predicted octanol–water partition coefficient (Wildman–Crippen LogP) is 2.40. The third kappa shape index (κ3) is 3.41. The molecule has 0 saturated carbocycles. The Bertz CT molecular complexity index is 599. The maximum Gasteiger partial charge on any atom is 0.234 e. The topological polar surface area (TPSA) is 66.6 Å². The Hall–Kier alpha value is -2.33. The van der Waals surface area contributed by atoms with Gasteiger partial charge in [-0.1, -0.05) is 42.5 Å². The van der Waals surface area contributed by atoms with Crippen molar-refractivity contribution in [2.75, 3.05) is 23.8 Å². The number of nitrogens with zero attached hydrogens (tertiary/aromatic N) is 1. The van der Waals surface area contributed by atoms with Crippen LogP contribution in [0, 0.1) is 0 Å². The maximum atomic E-state index is 12.7. The second-order valence-corrected chi connectivity index (χ2v) is 4.90. The van der Waals surface area contributed by atoms with Crippen LogP contribution in [0.15, 0.2) is 54.6 Å². The van der Waals surface area contributed by atoms with Crippen molar-refractivity contribution in [1.82, 2.24) is 0 Å². The van der Waals surface area contributed by atoms with Crippen LogP contribution in [-0.2, 0) is 4.79 Å². The van der Waals surface area contributed by atoms with Gasteiger partial charge in [-0.2, -0.15) is 0 Å². The first-order valence-corrected chi connectivity index (χ1v) is 6.97. The fourth-order valence-electron chi connectivity index (χ4n) is 2.30. The summed E-state index contributed by atoms with van der Waals surface area (Å²) in [7, 11) is 0. The number of benzene rings is 2. The molecular formula is C17H20N2O2. The summed E-state index contributed by atoms with van der Waals surface area (Å²) in [6.45, 7) is 1.98.